The van der Waals surface area contributed by atoms with Crippen LogP contribution < -0.4 is 20.7 Å². The molecule has 1 saturated heterocycles. The van der Waals surface area contributed by atoms with Gasteiger partial charge in [0.15, 0.2) is 0 Å². The number of halogens is 3. The molecule has 1 heterocycles. The number of hydrogen-bond donors (Lipinski definition) is 1. The fourth-order valence-electron chi connectivity index (χ4n) is 4.37. The first-order valence-electron chi connectivity index (χ1n) is 12.7. The van der Waals surface area contributed by atoms with Gasteiger partial charge in [-0.15, -0.1) is 13.2 Å². The number of benzene rings is 2. The highest BCUT2D eigenvalue weighted by Crippen LogP contribution is 2.39. The maximum Gasteiger partial charge on any atom is 0.573 e. The molecule has 2 aromatic carbocycles. The van der Waals surface area contributed by atoms with E-state index in [2.05, 4.69) is 4.74 Å². The lowest BCUT2D eigenvalue weighted by atomic mass is 9.72. The van der Waals surface area contributed by atoms with Crippen molar-refractivity contribution < 1.29 is 41.5 Å². The molecule has 1 fully saturated rings. The topological polar surface area (TPSA) is 121 Å². The van der Waals surface area contributed by atoms with Gasteiger partial charge < -0.3 is 24.5 Å². The lowest BCUT2D eigenvalue weighted by Gasteiger charge is -2.32. The number of primary amides is 1. The van der Waals surface area contributed by atoms with Crippen LogP contribution >= 0.6 is 0 Å². The van der Waals surface area contributed by atoms with Crippen molar-refractivity contribution in [2.75, 3.05) is 6.61 Å². The Bertz CT molecular complexity index is 1320. The second-order valence-electron chi connectivity index (χ2n) is 10.9. The Hall–Kier alpha value is -3.56. The normalized spacial score (nSPS) is 17.6. The van der Waals surface area contributed by atoms with E-state index in [1.54, 1.807) is 6.07 Å². The van der Waals surface area contributed by atoms with Crippen LogP contribution in [0.2, 0.25) is 0 Å². The van der Waals surface area contributed by atoms with Gasteiger partial charge in [-0.3, -0.25) is 9.59 Å². The van der Waals surface area contributed by atoms with Crippen molar-refractivity contribution in [1.82, 2.24) is 0 Å². The third-order valence-corrected chi connectivity index (χ3v) is 7.31. The molecule has 8 nitrogen and oxygen atoms in total. The molecule has 0 spiro atoms. The van der Waals surface area contributed by atoms with Crippen molar-refractivity contribution in [2.45, 2.75) is 77.4 Å². The Labute approximate surface area is 231 Å². The first-order chi connectivity index (χ1) is 18.5. The smallest absolute Gasteiger partial charge is 0.491 e. The van der Waals surface area contributed by atoms with Gasteiger partial charge in [-0.25, -0.2) is 0 Å². The van der Waals surface area contributed by atoms with Gasteiger partial charge in [-0.05, 0) is 82.4 Å². The van der Waals surface area contributed by atoms with Gasteiger partial charge in [0.25, 0.3) is 0 Å². The third kappa shape index (κ3) is 6.26. The second kappa shape index (κ2) is 11.1. The van der Waals surface area contributed by atoms with E-state index in [0.717, 1.165) is 18.2 Å². The Morgan fingerprint density at radius 1 is 1.12 bits per heavy atom. The molecule has 12 heteroatoms. The average molecular weight is 560 g/mol. The SMILES string of the molecule is CCCc1c(OCC(C)(C#N)c2cc(C(N)=O)ccc2OC(F)(F)F)ccc(C=O)c1B1OC(C)(C)C(C)(C)O1. The Kier molecular flexibility index (Phi) is 8.63. The summed E-state index contributed by atoms with van der Waals surface area (Å²) in [6, 6.07) is 8.21. The molecule has 0 saturated carbocycles. The van der Waals surface area contributed by atoms with E-state index in [0.29, 0.717) is 41.5 Å². The predicted molar refractivity (Wildman–Crippen MR) is 142 cm³/mol. The Morgan fingerprint density at radius 2 is 1.73 bits per heavy atom. The maximum atomic E-state index is 13.2. The molecule has 0 aliphatic carbocycles. The average Bonchev–Trinajstić information content (AvgIpc) is 3.08. The number of aldehydes is 1. The number of amides is 1. The fraction of sp³-hybridized carbons (Fsp3) is 0.464. The van der Waals surface area contributed by atoms with Crippen LogP contribution in [0.25, 0.3) is 0 Å². The highest BCUT2D eigenvalue weighted by molar-refractivity contribution is 6.64. The molecule has 0 bridgehead atoms. The third-order valence-electron chi connectivity index (χ3n) is 7.31. The van der Waals surface area contributed by atoms with Crippen molar-refractivity contribution in [1.29, 1.82) is 5.26 Å². The summed E-state index contributed by atoms with van der Waals surface area (Å²) in [7, 11) is -0.878. The lowest BCUT2D eigenvalue weighted by molar-refractivity contribution is -0.275. The van der Waals surface area contributed by atoms with E-state index in [4.69, 9.17) is 19.8 Å². The molecule has 1 unspecified atom stereocenters. The zero-order chi connectivity index (χ0) is 30.1. The summed E-state index contributed by atoms with van der Waals surface area (Å²) in [6.45, 7) is 10.4. The number of hydrogen-bond acceptors (Lipinski definition) is 7. The minimum atomic E-state index is -5.04. The monoisotopic (exact) mass is 560 g/mol. The number of nitriles is 1. The number of nitrogens with zero attached hydrogens (tertiary/aromatic N) is 1. The van der Waals surface area contributed by atoms with Gasteiger partial charge in [0.2, 0.25) is 5.91 Å². The van der Waals surface area contributed by atoms with Crippen molar-refractivity contribution in [3.63, 3.8) is 0 Å². The van der Waals surface area contributed by atoms with Gasteiger partial charge in [0.05, 0.1) is 17.3 Å². The molecule has 1 aliphatic heterocycles. The van der Waals surface area contributed by atoms with E-state index in [1.165, 1.54) is 13.0 Å². The van der Waals surface area contributed by atoms with Crippen molar-refractivity contribution in [3.8, 4) is 17.6 Å². The number of alkyl halides is 3. The summed E-state index contributed by atoms with van der Waals surface area (Å²) < 4.78 is 62.1. The minimum Gasteiger partial charge on any atom is -0.491 e. The molecule has 0 radical (unpaired) electrons. The van der Waals surface area contributed by atoms with E-state index in [-0.39, 0.29) is 11.1 Å². The van der Waals surface area contributed by atoms with Crippen molar-refractivity contribution in [3.05, 3.63) is 52.6 Å². The number of carbonyl (C=O) groups excluding carboxylic acids is 2. The summed E-state index contributed by atoms with van der Waals surface area (Å²) in [6.07, 6.45) is -3.24. The molecule has 3 rings (SSSR count). The van der Waals surface area contributed by atoms with Crippen LogP contribution in [0.5, 0.6) is 11.5 Å². The molecule has 1 amide bonds. The molecule has 40 heavy (non-hydrogen) atoms. The molecule has 1 aliphatic rings. The Morgan fingerprint density at radius 3 is 2.23 bits per heavy atom. The molecule has 2 aromatic rings. The summed E-state index contributed by atoms with van der Waals surface area (Å²) in [5.74, 6) is -1.24. The largest absolute Gasteiger partial charge is 0.573 e. The van der Waals surface area contributed by atoms with Crippen LogP contribution in [0, 0.1) is 11.3 Å². The standard InChI is InChI=1S/C28H32BF3N2O6/c1-7-8-19-21(11-10-18(14-35)23(19)29-39-25(2,3)26(4,5)40-29)37-16-27(6,15-33)20-13-17(24(34)36)9-12-22(20)38-28(30,31)32/h9-14H,7-8,16H2,1-6H3,(H2,34,36). The zero-order valence-electron chi connectivity index (χ0n) is 23.3. The highest BCUT2D eigenvalue weighted by Gasteiger charge is 2.53. The second-order valence-corrected chi connectivity index (χ2v) is 10.9. The van der Waals surface area contributed by atoms with E-state index >= 15 is 0 Å². The first-order valence-corrected chi connectivity index (χ1v) is 12.7. The van der Waals surface area contributed by atoms with Gasteiger partial charge in [0.1, 0.15) is 29.8 Å². The van der Waals surface area contributed by atoms with Crippen LogP contribution in [-0.2, 0) is 21.1 Å². The van der Waals surface area contributed by atoms with Gasteiger partial charge in [-0.1, -0.05) is 13.3 Å². The van der Waals surface area contributed by atoms with Gasteiger partial charge in [0, 0.05) is 16.7 Å². The molecule has 0 aromatic heterocycles. The quantitative estimate of drug-likeness (QED) is 0.333. The number of carbonyl (C=O) groups is 2. The van der Waals surface area contributed by atoms with Crippen LogP contribution in [0.4, 0.5) is 13.2 Å². The highest BCUT2D eigenvalue weighted by atomic mass is 19.4. The molecule has 2 N–H and O–H groups in total. The summed E-state index contributed by atoms with van der Waals surface area (Å²) in [5, 5.41) is 10.1. The van der Waals surface area contributed by atoms with Crippen LogP contribution in [0.15, 0.2) is 30.3 Å². The Balaban J connectivity index is 2.08. The maximum absolute atomic E-state index is 13.2. The van der Waals surface area contributed by atoms with Crippen molar-refractivity contribution in [2.24, 2.45) is 5.73 Å². The van der Waals surface area contributed by atoms with E-state index in [1.807, 2.05) is 40.7 Å². The van der Waals surface area contributed by atoms with Crippen LogP contribution in [0.1, 0.15) is 79.8 Å². The lowest BCUT2D eigenvalue weighted by Crippen LogP contribution is -2.41. The predicted octanol–water partition coefficient (Wildman–Crippen LogP) is 4.61. The van der Waals surface area contributed by atoms with Crippen LogP contribution in [0.3, 0.4) is 0 Å². The molecular weight excluding hydrogens is 528 g/mol. The van der Waals surface area contributed by atoms with Gasteiger partial charge >= 0.3 is 13.5 Å². The molecule has 214 valence electrons. The zero-order valence-corrected chi connectivity index (χ0v) is 23.3. The molecular formula is C28H32BF3N2O6. The summed E-state index contributed by atoms with van der Waals surface area (Å²) in [4.78, 5) is 23.8. The number of nitrogens with two attached hydrogens (primary N) is 1. The van der Waals surface area contributed by atoms with Gasteiger partial charge in [-0.2, -0.15) is 5.26 Å². The number of ether oxygens (including phenoxy) is 2. The van der Waals surface area contributed by atoms with Crippen LogP contribution in [-0.4, -0.2) is 43.5 Å². The summed E-state index contributed by atoms with van der Waals surface area (Å²) in [5.41, 5.74) is 3.38. The van der Waals surface area contributed by atoms with Crippen molar-refractivity contribution >= 4 is 24.8 Å². The van der Waals surface area contributed by atoms with E-state index < -0.39 is 48.4 Å². The first kappa shape index (κ1) is 31.0. The van der Waals surface area contributed by atoms with E-state index in [9.17, 15) is 28.0 Å². The number of rotatable bonds is 10. The summed E-state index contributed by atoms with van der Waals surface area (Å²) >= 11 is 0. The minimum absolute atomic E-state index is 0.101. The molecule has 1 atom stereocenters. The fourth-order valence-corrected chi connectivity index (χ4v) is 4.37.